The lowest BCUT2D eigenvalue weighted by Crippen LogP contribution is -2.38. The summed E-state index contributed by atoms with van der Waals surface area (Å²) in [5.41, 5.74) is 8.78. The van der Waals surface area contributed by atoms with Gasteiger partial charge < -0.3 is 10.6 Å². The topological polar surface area (TPSA) is 29.3 Å². The van der Waals surface area contributed by atoms with Crippen LogP contribution >= 0.6 is 0 Å². The van der Waals surface area contributed by atoms with Crippen LogP contribution in [-0.4, -0.2) is 24.5 Å². The normalized spacial score (nSPS) is 15.1. The Hall–Kier alpha value is -0.860. The molecule has 0 radical (unpaired) electrons. The van der Waals surface area contributed by atoms with Gasteiger partial charge in [0.2, 0.25) is 0 Å². The number of likely N-dealkylation sites (N-methyl/N-ethyl adjacent to an activating group) is 1. The molecule has 0 saturated heterocycles. The maximum Gasteiger partial charge on any atom is 0.0450 e. The molecule has 0 bridgehead atoms. The second kappa shape index (κ2) is 6.02. The van der Waals surface area contributed by atoms with E-state index in [9.17, 15) is 0 Å². The lowest BCUT2D eigenvalue weighted by molar-refractivity contribution is 0.227. The molecular weight excluding hydrogens is 196 g/mol. The molecule has 1 aromatic carbocycles. The van der Waals surface area contributed by atoms with Crippen molar-refractivity contribution >= 4 is 0 Å². The summed E-state index contributed by atoms with van der Waals surface area (Å²) in [6, 6.07) is 9.00. The Balaban J connectivity index is 2.69. The van der Waals surface area contributed by atoms with Crippen LogP contribution < -0.4 is 5.73 Å². The summed E-state index contributed by atoms with van der Waals surface area (Å²) in [6.45, 7) is 7.59. The molecule has 0 amide bonds. The Morgan fingerprint density at radius 3 is 2.31 bits per heavy atom. The van der Waals surface area contributed by atoms with Crippen molar-refractivity contribution in [2.24, 2.45) is 5.73 Å². The van der Waals surface area contributed by atoms with Crippen molar-refractivity contribution < 1.29 is 0 Å². The van der Waals surface area contributed by atoms with Gasteiger partial charge in [-0.2, -0.15) is 0 Å². The number of aryl methyl sites for hydroxylation is 1. The van der Waals surface area contributed by atoms with Crippen LogP contribution in [0.2, 0.25) is 0 Å². The van der Waals surface area contributed by atoms with Gasteiger partial charge in [-0.3, -0.25) is 0 Å². The molecule has 0 aliphatic rings. The van der Waals surface area contributed by atoms with Gasteiger partial charge in [0, 0.05) is 12.1 Å². The molecule has 2 atom stereocenters. The lowest BCUT2D eigenvalue weighted by atomic mass is 9.99. The fourth-order valence-electron chi connectivity index (χ4n) is 1.90. The van der Waals surface area contributed by atoms with Crippen molar-refractivity contribution in [3.63, 3.8) is 0 Å². The highest BCUT2D eigenvalue weighted by Gasteiger charge is 2.18. The molecule has 0 heterocycles. The molecule has 2 N–H and O–H groups in total. The summed E-state index contributed by atoms with van der Waals surface area (Å²) in [4.78, 5) is 2.32. The predicted octanol–water partition coefficient (Wildman–Crippen LogP) is 2.73. The number of nitrogens with two attached hydrogens (primary N) is 1. The van der Waals surface area contributed by atoms with Gasteiger partial charge in [0.15, 0.2) is 0 Å². The first-order valence-corrected chi connectivity index (χ1v) is 6.08. The van der Waals surface area contributed by atoms with Crippen LogP contribution in [0, 0.1) is 6.92 Å². The first kappa shape index (κ1) is 13.2. The summed E-state index contributed by atoms with van der Waals surface area (Å²) < 4.78 is 0. The lowest BCUT2D eigenvalue weighted by Gasteiger charge is -2.29. The molecule has 2 unspecified atom stereocenters. The maximum atomic E-state index is 6.28. The zero-order chi connectivity index (χ0) is 12.1. The fraction of sp³-hybridized carbons (Fsp3) is 0.571. The van der Waals surface area contributed by atoms with Crippen molar-refractivity contribution in [2.45, 2.75) is 39.3 Å². The molecule has 2 heteroatoms. The van der Waals surface area contributed by atoms with Crippen LogP contribution in [0.5, 0.6) is 0 Å². The standard InChI is InChI=1S/C14H24N2/c1-5-10-16(4)12(3)14(15)13-8-6-11(2)7-9-13/h6-9,12,14H,5,10,15H2,1-4H3. The third-order valence-electron chi connectivity index (χ3n) is 3.25. The van der Waals surface area contributed by atoms with Crippen LogP contribution in [-0.2, 0) is 0 Å². The smallest absolute Gasteiger partial charge is 0.0450 e. The molecule has 0 spiro atoms. The number of nitrogens with zero attached hydrogens (tertiary/aromatic N) is 1. The zero-order valence-corrected chi connectivity index (χ0v) is 10.9. The van der Waals surface area contributed by atoms with Crippen LogP contribution in [0.1, 0.15) is 37.4 Å². The van der Waals surface area contributed by atoms with Gasteiger partial charge >= 0.3 is 0 Å². The Morgan fingerprint density at radius 1 is 1.25 bits per heavy atom. The number of benzene rings is 1. The van der Waals surface area contributed by atoms with E-state index in [0.29, 0.717) is 6.04 Å². The quantitative estimate of drug-likeness (QED) is 0.826. The summed E-state index contributed by atoms with van der Waals surface area (Å²) in [7, 11) is 2.14. The van der Waals surface area contributed by atoms with Crippen LogP contribution in [0.25, 0.3) is 0 Å². The molecule has 0 aliphatic heterocycles. The highest BCUT2D eigenvalue weighted by Crippen LogP contribution is 2.18. The summed E-state index contributed by atoms with van der Waals surface area (Å²) in [6.07, 6.45) is 1.17. The van der Waals surface area contributed by atoms with E-state index in [1.54, 1.807) is 0 Å². The minimum absolute atomic E-state index is 0.0946. The van der Waals surface area contributed by atoms with Crippen molar-refractivity contribution in [1.82, 2.24) is 4.90 Å². The minimum Gasteiger partial charge on any atom is -0.323 e. The van der Waals surface area contributed by atoms with Gasteiger partial charge in [0.05, 0.1) is 0 Å². The van der Waals surface area contributed by atoms with E-state index in [2.05, 4.69) is 57.0 Å². The predicted molar refractivity (Wildman–Crippen MR) is 70.5 cm³/mol. The Morgan fingerprint density at radius 2 is 1.81 bits per heavy atom. The van der Waals surface area contributed by atoms with E-state index in [1.807, 2.05) is 0 Å². The van der Waals surface area contributed by atoms with E-state index in [-0.39, 0.29) is 6.04 Å². The van der Waals surface area contributed by atoms with E-state index >= 15 is 0 Å². The van der Waals surface area contributed by atoms with Crippen LogP contribution in [0.3, 0.4) is 0 Å². The monoisotopic (exact) mass is 220 g/mol. The first-order valence-electron chi connectivity index (χ1n) is 6.08. The van der Waals surface area contributed by atoms with Gasteiger partial charge in [-0.05, 0) is 39.4 Å². The molecule has 1 aromatic rings. The van der Waals surface area contributed by atoms with E-state index in [1.165, 1.54) is 17.5 Å². The second-order valence-electron chi connectivity index (χ2n) is 4.66. The van der Waals surface area contributed by atoms with Crippen LogP contribution in [0.4, 0.5) is 0 Å². The summed E-state index contributed by atoms with van der Waals surface area (Å²) in [5.74, 6) is 0. The molecule has 0 aromatic heterocycles. The average Bonchev–Trinajstić information content (AvgIpc) is 2.28. The molecule has 0 fully saturated rings. The minimum atomic E-state index is 0.0946. The highest BCUT2D eigenvalue weighted by atomic mass is 15.1. The number of hydrogen-bond donors (Lipinski definition) is 1. The average molecular weight is 220 g/mol. The SMILES string of the molecule is CCCN(C)C(C)C(N)c1ccc(C)cc1. The Labute approximate surface area is 99.5 Å². The van der Waals surface area contributed by atoms with Crippen molar-refractivity contribution in [3.8, 4) is 0 Å². The number of hydrogen-bond acceptors (Lipinski definition) is 2. The Kier molecular flexibility index (Phi) is 4.97. The molecule has 0 aliphatic carbocycles. The van der Waals surface area contributed by atoms with E-state index in [0.717, 1.165) is 6.54 Å². The van der Waals surface area contributed by atoms with Crippen molar-refractivity contribution in [1.29, 1.82) is 0 Å². The van der Waals surface area contributed by atoms with E-state index < -0.39 is 0 Å². The molecule has 90 valence electrons. The second-order valence-corrected chi connectivity index (χ2v) is 4.66. The highest BCUT2D eigenvalue weighted by molar-refractivity contribution is 5.24. The molecule has 2 nitrogen and oxygen atoms in total. The van der Waals surface area contributed by atoms with E-state index in [4.69, 9.17) is 5.73 Å². The fourth-order valence-corrected chi connectivity index (χ4v) is 1.90. The van der Waals surface area contributed by atoms with Crippen molar-refractivity contribution in [2.75, 3.05) is 13.6 Å². The summed E-state index contributed by atoms with van der Waals surface area (Å²) >= 11 is 0. The van der Waals surface area contributed by atoms with Gasteiger partial charge in [-0.1, -0.05) is 36.8 Å². The molecular formula is C14H24N2. The van der Waals surface area contributed by atoms with Gasteiger partial charge in [-0.15, -0.1) is 0 Å². The third kappa shape index (κ3) is 3.32. The van der Waals surface area contributed by atoms with Crippen molar-refractivity contribution in [3.05, 3.63) is 35.4 Å². The maximum absolute atomic E-state index is 6.28. The Bertz CT molecular complexity index is 305. The van der Waals surface area contributed by atoms with Gasteiger partial charge in [0.1, 0.15) is 0 Å². The molecule has 0 saturated carbocycles. The largest absolute Gasteiger partial charge is 0.323 e. The van der Waals surface area contributed by atoms with Gasteiger partial charge in [-0.25, -0.2) is 0 Å². The number of rotatable bonds is 5. The third-order valence-corrected chi connectivity index (χ3v) is 3.25. The van der Waals surface area contributed by atoms with Gasteiger partial charge in [0.25, 0.3) is 0 Å². The summed E-state index contributed by atoms with van der Waals surface area (Å²) in [5, 5.41) is 0. The van der Waals surface area contributed by atoms with Crippen LogP contribution in [0.15, 0.2) is 24.3 Å². The first-order chi connectivity index (χ1) is 7.56. The molecule has 16 heavy (non-hydrogen) atoms. The molecule has 1 rings (SSSR count). The zero-order valence-electron chi connectivity index (χ0n) is 10.9.